The third-order valence-corrected chi connectivity index (χ3v) is 5.03. The predicted molar refractivity (Wildman–Crippen MR) is 66.0 cm³/mol. The minimum Gasteiger partial charge on any atom is -0.324 e. The van der Waals surface area contributed by atoms with Crippen molar-refractivity contribution in [3.05, 3.63) is 0 Å². The van der Waals surface area contributed by atoms with E-state index >= 15 is 0 Å². The fourth-order valence-electron chi connectivity index (χ4n) is 1.71. The summed E-state index contributed by atoms with van der Waals surface area (Å²) in [5.74, 6) is 0. The van der Waals surface area contributed by atoms with Crippen molar-refractivity contribution in [3.63, 3.8) is 0 Å². The van der Waals surface area contributed by atoms with Crippen molar-refractivity contribution in [2.24, 2.45) is 5.41 Å². The van der Waals surface area contributed by atoms with Crippen LogP contribution in [0.5, 0.6) is 0 Å². The van der Waals surface area contributed by atoms with E-state index in [4.69, 9.17) is 13.6 Å². The summed E-state index contributed by atoms with van der Waals surface area (Å²) >= 11 is 0. The summed E-state index contributed by atoms with van der Waals surface area (Å²) in [7, 11) is -6.25. The van der Waals surface area contributed by atoms with Crippen LogP contribution in [0.15, 0.2) is 0 Å². The van der Waals surface area contributed by atoms with E-state index in [1.807, 2.05) is 6.92 Å². The molecule has 2 atom stereocenters. The molecule has 0 aromatic carbocycles. The molecule has 0 spiro atoms. The Hall–Kier alpha value is 0.460. The SMILES string of the molecule is CCC1(C(C)OP(C)(=O)O)CO[P+](C)(O)OC1. The van der Waals surface area contributed by atoms with Crippen LogP contribution in [-0.2, 0) is 18.1 Å². The summed E-state index contributed by atoms with van der Waals surface area (Å²) in [6.07, 6.45) is 0.197. The number of rotatable bonds is 4. The highest BCUT2D eigenvalue weighted by molar-refractivity contribution is 7.59. The van der Waals surface area contributed by atoms with Gasteiger partial charge in [0.25, 0.3) is 0 Å². The maximum absolute atomic E-state index is 11.3. The maximum Gasteiger partial charge on any atom is 0.405 e. The lowest BCUT2D eigenvalue weighted by molar-refractivity contribution is -0.0626. The molecule has 0 aromatic heterocycles. The van der Waals surface area contributed by atoms with Gasteiger partial charge in [-0.3, -0.25) is 4.57 Å². The highest BCUT2D eigenvalue weighted by atomic mass is 31.2. The summed E-state index contributed by atoms with van der Waals surface area (Å²) in [5, 5.41) is 0. The minimum absolute atomic E-state index is 0.269. The molecule has 1 saturated heterocycles. The third-order valence-electron chi connectivity index (χ3n) is 3.10. The highest BCUT2D eigenvalue weighted by Crippen LogP contribution is 2.59. The zero-order valence-electron chi connectivity index (χ0n) is 10.6. The lowest BCUT2D eigenvalue weighted by Gasteiger charge is -2.40. The Morgan fingerprint density at radius 3 is 2.35 bits per heavy atom. The van der Waals surface area contributed by atoms with Gasteiger partial charge in [-0.2, -0.15) is 13.9 Å². The molecule has 17 heavy (non-hydrogen) atoms. The second-order valence-corrected chi connectivity index (χ2v) is 8.56. The molecular weight excluding hydrogens is 266 g/mol. The van der Waals surface area contributed by atoms with Crippen molar-refractivity contribution >= 4 is 15.5 Å². The molecular formula is C9H21O6P2+. The molecule has 1 aliphatic rings. The summed E-state index contributed by atoms with van der Waals surface area (Å²) in [6, 6.07) is 0. The fraction of sp³-hybridized carbons (Fsp3) is 1.00. The van der Waals surface area contributed by atoms with Gasteiger partial charge in [0.05, 0.1) is 11.5 Å². The van der Waals surface area contributed by atoms with Crippen LogP contribution in [0.4, 0.5) is 0 Å². The molecule has 1 fully saturated rings. The first kappa shape index (κ1) is 15.5. The van der Waals surface area contributed by atoms with Crippen LogP contribution in [0.25, 0.3) is 0 Å². The van der Waals surface area contributed by atoms with Gasteiger partial charge in [-0.25, -0.2) is 0 Å². The van der Waals surface area contributed by atoms with Gasteiger partial charge in [0, 0.05) is 6.66 Å². The summed E-state index contributed by atoms with van der Waals surface area (Å²) in [5.41, 5.74) is -0.489. The van der Waals surface area contributed by atoms with Crippen LogP contribution in [0.1, 0.15) is 20.3 Å². The first-order valence-electron chi connectivity index (χ1n) is 5.47. The molecule has 2 N–H and O–H groups in total. The largest absolute Gasteiger partial charge is 0.405 e. The van der Waals surface area contributed by atoms with Crippen molar-refractivity contribution in [1.29, 1.82) is 0 Å². The van der Waals surface area contributed by atoms with Crippen molar-refractivity contribution < 1.29 is 27.9 Å². The van der Waals surface area contributed by atoms with E-state index in [9.17, 15) is 14.4 Å². The topological polar surface area (TPSA) is 85.2 Å². The van der Waals surface area contributed by atoms with E-state index in [1.54, 1.807) is 6.92 Å². The molecule has 0 radical (unpaired) electrons. The molecule has 0 amide bonds. The van der Waals surface area contributed by atoms with Crippen LogP contribution in [0, 0.1) is 5.41 Å². The van der Waals surface area contributed by atoms with Crippen LogP contribution >= 0.6 is 15.5 Å². The van der Waals surface area contributed by atoms with Crippen molar-refractivity contribution in [3.8, 4) is 0 Å². The molecule has 0 aromatic rings. The van der Waals surface area contributed by atoms with Crippen LogP contribution in [0.2, 0.25) is 0 Å². The average Bonchev–Trinajstić information content (AvgIpc) is 2.16. The Kier molecular flexibility index (Phi) is 4.76. The smallest absolute Gasteiger partial charge is 0.324 e. The predicted octanol–water partition coefficient (Wildman–Crippen LogP) is 2.03. The standard InChI is InChI=1S/C9H20O6P2/c1-5-9(8(2)15-16(3,10)11)6-13-17(4,12)14-7-9/h8,12H,5-7H2,1-4H3/p+1. The molecule has 1 aliphatic heterocycles. The zero-order chi connectivity index (χ0) is 13.3. The van der Waals surface area contributed by atoms with E-state index < -0.39 is 27.1 Å². The molecule has 6 nitrogen and oxygen atoms in total. The Morgan fingerprint density at radius 2 is 2.00 bits per heavy atom. The van der Waals surface area contributed by atoms with Gasteiger partial charge in [0.2, 0.25) is 0 Å². The van der Waals surface area contributed by atoms with Gasteiger partial charge in [-0.1, -0.05) is 6.92 Å². The molecule has 0 bridgehead atoms. The summed E-state index contributed by atoms with van der Waals surface area (Å²) < 4.78 is 27.0. The Morgan fingerprint density at radius 1 is 1.53 bits per heavy atom. The quantitative estimate of drug-likeness (QED) is 0.770. The monoisotopic (exact) mass is 287 g/mol. The minimum atomic E-state index is -3.54. The molecule has 0 saturated carbocycles. The molecule has 8 heteroatoms. The fourth-order valence-corrected chi connectivity index (χ4v) is 3.59. The zero-order valence-corrected chi connectivity index (χ0v) is 12.4. The van der Waals surface area contributed by atoms with E-state index in [-0.39, 0.29) is 13.2 Å². The third kappa shape index (κ3) is 4.25. The van der Waals surface area contributed by atoms with Gasteiger partial charge in [0.1, 0.15) is 19.9 Å². The van der Waals surface area contributed by atoms with E-state index in [2.05, 4.69) is 0 Å². The molecule has 1 rings (SSSR count). The molecule has 2 unspecified atom stereocenters. The van der Waals surface area contributed by atoms with Gasteiger partial charge in [-0.15, -0.1) is 0 Å². The molecule has 102 valence electrons. The second kappa shape index (κ2) is 5.22. The number of hydrogen-bond donors (Lipinski definition) is 2. The van der Waals surface area contributed by atoms with Crippen molar-refractivity contribution in [2.45, 2.75) is 26.4 Å². The highest BCUT2D eigenvalue weighted by Gasteiger charge is 2.51. The Bertz CT molecular complexity index is 303. The van der Waals surface area contributed by atoms with Gasteiger partial charge in [-0.05, 0) is 13.3 Å². The lowest BCUT2D eigenvalue weighted by atomic mass is 9.82. The second-order valence-electron chi connectivity index (χ2n) is 4.62. The Labute approximate surface area is 102 Å². The van der Waals surface area contributed by atoms with Gasteiger partial charge < -0.3 is 9.42 Å². The Balaban J connectivity index is 2.74. The van der Waals surface area contributed by atoms with E-state index in [1.165, 1.54) is 6.66 Å². The van der Waals surface area contributed by atoms with E-state index in [0.717, 1.165) is 6.66 Å². The van der Waals surface area contributed by atoms with Gasteiger partial charge >= 0.3 is 15.5 Å². The summed E-state index contributed by atoms with van der Waals surface area (Å²) in [6.45, 7) is 6.87. The first-order chi connectivity index (χ1) is 7.60. The molecule has 0 aliphatic carbocycles. The average molecular weight is 287 g/mol. The van der Waals surface area contributed by atoms with Crippen LogP contribution in [-0.4, -0.2) is 42.4 Å². The van der Waals surface area contributed by atoms with Crippen molar-refractivity contribution in [1.82, 2.24) is 0 Å². The first-order valence-corrected chi connectivity index (χ1v) is 9.52. The van der Waals surface area contributed by atoms with Crippen LogP contribution in [0.3, 0.4) is 0 Å². The lowest BCUT2D eigenvalue weighted by Crippen LogP contribution is -2.45. The summed E-state index contributed by atoms with van der Waals surface area (Å²) in [4.78, 5) is 18.9. The number of hydrogen-bond acceptors (Lipinski definition) is 5. The normalized spacial score (nSPS) is 39.6. The maximum atomic E-state index is 11.3. The van der Waals surface area contributed by atoms with E-state index in [0.29, 0.717) is 6.42 Å². The molecule has 1 heterocycles. The van der Waals surface area contributed by atoms with Crippen molar-refractivity contribution in [2.75, 3.05) is 26.5 Å². The van der Waals surface area contributed by atoms with Crippen LogP contribution < -0.4 is 0 Å². The van der Waals surface area contributed by atoms with Gasteiger partial charge in [0.15, 0.2) is 0 Å².